The summed E-state index contributed by atoms with van der Waals surface area (Å²) < 4.78 is 18.0. The molecule has 0 radical (unpaired) electrons. The topological polar surface area (TPSA) is 38.3 Å². The molecule has 0 fully saturated rings. The Morgan fingerprint density at radius 3 is 2.71 bits per heavy atom. The predicted molar refractivity (Wildman–Crippen MR) is 64.5 cm³/mol. The highest BCUT2D eigenvalue weighted by Gasteiger charge is 2.08. The summed E-state index contributed by atoms with van der Waals surface area (Å²) in [6.07, 6.45) is -0.657. The average Bonchev–Trinajstić information content (AvgIpc) is 2.74. The molecule has 0 aliphatic rings. The van der Waals surface area contributed by atoms with E-state index in [1.54, 1.807) is 5.38 Å². The van der Waals surface area contributed by atoms with Gasteiger partial charge in [0, 0.05) is 0 Å². The van der Waals surface area contributed by atoms with E-state index in [-0.39, 0.29) is 11.6 Å². The minimum absolute atomic E-state index is 0.166. The van der Waals surface area contributed by atoms with Crippen molar-refractivity contribution in [3.8, 4) is 0 Å². The monoisotopic (exact) mass is 251 g/mol. The molecule has 1 amide bonds. The maximum atomic E-state index is 13.0. The van der Waals surface area contributed by atoms with E-state index in [1.807, 2.05) is 30.3 Å². The zero-order valence-electron chi connectivity index (χ0n) is 8.85. The highest BCUT2D eigenvalue weighted by Crippen LogP contribution is 2.21. The first-order valence-electron chi connectivity index (χ1n) is 4.96. The molecule has 1 aromatic heterocycles. The van der Waals surface area contributed by atoms with Gasteiger partial charge in [-0.2, -0.15) is 0 Å². The summed E-state index contributed by atoms with van der Waals surface area (Å²) in [4.78, 5) is 11.3. The van der Waals surface area contributed by atoms with E-state index < -0.39 is 11.9 Å². The quantitative estimate of drug-likeness (QED) is 0.904. The minimum atomic E-state index is -0.657. The molecule has 17 heavy (non-hydrogen) atoms. The number of hydrogen-bond donors (Lipinski definition) is 1. The van der Waals surface area contributed by atoms with Crippen molar-refractivity contribution in [3.05, 3.63) is 53.2 Å². The molecule has 2 aromatic rings. The van der Waals surface area contributed by atoms with Gasteiger partial charge in [-0.1, -0.05) is 30.3 Å². The Morgan fingerprint density at radius 2 is 2.06 bits per heavy atom. The van der Waals surface area contributed by atoms with Crippen molar-refractivity contribution in [1.82, 2.24) is 0 Å². The number of thiophene rings is 1. The van der Waals surface area contributed by atoms with Crippen molar-refractivity contribution in [2.75, 3.05) is 5.32 Å². The number of hydrogen-bond acceptors (Lipinski definition) is 3. The SMILES string of the molecule is O=C(Nc1sccc1F)OCc1ccccc1. The second kappa shape index (κ2) is 5.45. The van der Waals surface area contributed by atoms with Gasteiger partial charge in [-0.15, -0.1) is 11.3 Å². The Morgan fingerprint density at radius 1 is 1.29 bits per heavy atom. The number of carbonyl (C=O) groups excluding carboxylic acids is 1. The lowest BCUT2D eigenvalue weighted by Crippen LogP contribution is -2.13. The van der Waals surface area contributed by atoms with Crippen LogP contribution in [0.3, 0.4) is 0 Å². The number of benzene rings is 1. The average molecular weight is 251 g/mol. The molecule has 0 aliphatic heterocycles. The second-order valence-corrected chi connectivity index (χ2v) is 4.20. The highest BCUT2D eigenvalue weighted by atomic mass is 32.1. The van der Waals surface area contributed by atoms with Crippen LogP contribution in [0.25, 0.3) is 0 Å². The maximum Gasteiger partial charge on any atom is 0.412 e. The first kappa shape index (κ1) is 11.6. The standard InChI is InChI=1S/C12H10FNO2S/c13-10-6-7-17-11(10)14-12(15)16-8-9-4-2-1-3-5-9/h1-7H,8H2,(H,14,15). The van der Waals surface area contributed by atoms with Crippen LogP contribution in [0, 0.1) is 5.82 Å². The molecule has 3 nitrogen and oxygen atoms in total. The van der Waals surface area contributed by atoms with Crippen LogP contribution in [0.15, 0.2) is 41.8 Å². The van der Waals surface area contributed by atoms with Crippen LogP contribution in [0.2, 0.25) is 0 Å². The van der Waals surface area contributed by atoms with Gasteiger partial charge in [0.05, 0.1) is 0 Å². The van der Waals surface area contributed by atoms with E-state index in [4.69, 9.17) is 4.74 Å². The van der Waals surface area contributed by atoms with E-state index >= 15 is 0 Å². The molecule has 0 bridgehead atoms. The third kappa shape index (κ3) is 3.29. The van der Waals surface area contributed by atoms with Gasteiger partial charge in [0.2, 0.25) is 0 Å². The summed E-state index contributed by atoms with van der Waals surface area (Å²) in [5.74, 6) is -0.452. The molecule has 1 aromatic carbocycles. The summed E-state index contributed by atoms with van der Waals surface area (Å²) in [7, 11) is 0. The lowest BCUT2D eigenvalue weighted by molar-refractivity contribution is 0.155. The summed E-state index contributed by atoms with van der Waals surface area (Å²) in [5, 5.41) is 4.07. The fraction of sp³-hybridized carbons (Fsp3) is 0.0833. The lowest BCUT2D eigenvalue weighted by atomic mass is 10.2. The molecule has 88 valence electrons. The summed E-state index contributed by atoms with van der Waals surface area (Å²) >= 11 is 1.11. The van der Waals surface area contributed by atoms with E-state index in [2.05, 4.69) is 5.32 Å². The number of nitrogens with one attached hydrogen (secondary N) is 1. The maximum absolute atomic E-state index is 13.0. The number of anilines is 1. The van der Waals surface area contributed by atoms with Crippen LogP contribution in [-0.4, -0.2) is 6.09 Å². The molecule has 2 rings (SSSR count). The molecule has 0 saturated heterocycles. The van der Waals surface area contributed by atoms with E-state index in [9.17, 15) is 9.18 Å². The van der Waals surface area contributed by atoms with Gasteiger partial charge in [-0.3, -0.25) is 5.32 Å². The zero-order valence-corrected chi connectivity index (χ0v) is 9.67. The van der Waals surface area contributed by atoms with Gasteiger partial charge in [-0.25, -0.2) is 9.18 Å². The van der Waals surface area contributed by atoms with Crippen molar-refractivity contribution in [1.29, 1.82) is 0 Å². The number of halogens is 1. The lowest BCUT2D eigenvalue weighted by Gasteiger charge is -2.05. The van der Waals surface area contributed by atoms with Gasteiger partial charge >= 0.3 is 6.09 Å². The Balaban J connectivity index is 1.85. The Kier molecular flexibility index (Phi) is 3.72. The van der Waals surface area contributed by atoms with Crippen LogP contribution in [-0.2, 0) is 11.3 Å². The number of rotatable bonds is 3. The van der Waals surface area contributed by atoms with E-state index in [1.165, 1.54) is 6.07 Å². The summed E-state index contributed by atoms with van der Waals surface area (Å²) in [6.45, 7) is 0.166. The fourth-order valence-corrected chi connectivity index (χ4v) is 1.88. The fourth-order valence-electron chi connectivity index (χ4n) is 1.23. The Bertz CT molecular complexity index is 498. The molecule has 0 atom stereocenters. The molecular weight excluding hydrogens is 241 g/mol. The Labute approximate surface area is 102 Å². The number of carbonyl (C=O) groups is 1. The van der Waals surface area contributed by atoms with Gasteiger partial charge in [-0.05, 0) is 17.0 Å². The predicted octanol–water partition coefficient (Wildman–Crippen LogP) is 3.64. The van der Waals surface area contributed by atoms with Crippen molar-refractivity contribution in [2.24, 2.45) is 0 Å². The molecule has 0 unspecified atom stereocenters. The number of ether oxygens (including phenoxy) is 1. The Hall–Kier alpha value is -1.88. The second-order valence-electron chi connectivity index (χ2n) is 3.28. The van der Waals surface area contributed by atoms with Gasteiger partial charge < -0.3 is 4.74 Å². The van der Waals surface area contributed by atoms with Gasteiger partial charge in [0.1, 0.15) is 11.6 Å². The van der Waals surface area contributed by atoms with E-state index in [0.29, 0.717) is 0 Å². The van der Waals surface area contributed by atoms with Crippen molar-refractivity contribution >= 4 is 22.4 Å². The normalized spacial score (nSPS) is 9.94. The third-order valence-corrected chi connectivity index (χ3v) is 2.85. The molecule has 0 spiro atoms. The smallest absolute Gasteiger partial charge is 0.412 e. The molecule has 1 heterocycles. The first-order valence-corrected chi connectivity index (χ1v) is 5.84. The first-order chi connectivity index (χ1) is 8.25. The van der Waals surface area contributed by atoms with Crippen molar-refractivity contribution in [3.63, 3.8) is 0 Å². The van der Waals surface area contributed by atoms with Crippen LogP contribution in [0.1, 0.15) is 5.56 Å². The molecule has 0 aliphatic carbocycles. The number of amides is 1. The highest BCUT2D eigenvalue weighted by molar-refractivity contribution is 7.14. The van der Waals surface area contributed by atoms with Crippen LogP contribution in [0.5, 0.6) is 0 Å². The minimum Gasteiger partial charge on any atom is -0.444 e. The van der Waals surface area contributed by atoms with E-state index in [0.717, 1.165) is 16.9 Å². The van der Waals surface area contributed by atoms with Crippen LogP contribution in [0.4, 0.5) is 14.2 Å². The van der Waals surface area contributed by atoms with Gasteiger partial charge in [0.15, 0.2) is 5.82 Å². The molecule has 5 heteroatoms. The molecule has 1 N–H and O–H groups in total. The molecule has 0 saturated carbocycles. The van der Waals surface area contributed by atoms with Gasteiger partial charge in [0.25, 0.3) is 0 Å². The van der Waals surface area contributed by atoms with Crippen LogP contribution < -0.4 is 5.32 Å². The largest absolute Gasteiger partial charge is 0.444 e. The summed E-state index contributed by atoms with van der Waals surface area (Å²) in [6, 6.07) is 10.6. The van der Waals surface area contributed by atoms with Crippen LogP contribution >= 0.6 is 11.3 Å². The van der Waals surface area contributed by atoms with Crippen molar-refractivity contribution < 1.29 is 13.9 Å². The third-order valence-electron chi connectivity index (χ3n) is 2.05. The van der Waals surface area contributed by atoms with Crippen molar-refractivity contribution in [2.45, 2.75) is 6.61 Å². The molecular formula is C12H10FNO2S. The zero-order chi connectivity index (χ0) is 12.1. The summed E-state index contributed by atoms with van der Waals surface area (Å²) in [5.41, 5.74) is 0.884.